The van der Waals surface area contributed by atoms with Crippen molar-refractivity contribution < 1.29 is 4.79 Å². The summed E-state index contributed by atoms with van der Waals surface area (Å²) in [5.41, 5.74) is 3.93. The molecule has 1 atom stereocenters. The molecule has 22 heavy (non-hydrogen) atoms. The second-order valence-electron chi connectivity index (χ2n) is 5.58. The largest absolute Gasteiger partial charge is 0.359 e. The molecule has 1 amide bonds. The van der Waals surface area contributed by atoms with Gasteiger partial charge in [0.25, 0.3) is 5.91 Å². The van der Waals surface area contributed by atoms with Crippen LogP contribution >= 0.6 is 0 Å². The van der Waals surface area contributed by atoms with E-state index in [4.69, 9.17) is 0 Å². The normalized spacial score (nSPS) is 12.5. The molecule has 2 aromatic heterocycles. The number of aryl methyl sites for hydroxylation is 2. The molecule has 0 spiro atoms. The Balaban J connectivity index is 1.77. The topological polar surface area (TPSA) is 62.7 Å². The minimum Gasteiger partial charge on any atom is -0.359 e. The molecule has 5 nitrogen and oxygen atoms in total. The van der Waals surface area contributed by atoms with E-state index in [-0.39, 0.29) is 11.9 Å². The number of carbonyl (C=O) groups excluding carboxylic acids is 1. The minimum atomic E-state index is -0.0995. The number of fused-ring (bicyclic) bond motifs is 1. The first-order valence-corrected chi connectivity index (χ1v) is 7.49. The van der Waals surface area contributed by atoms with Crippen LogP contribution in [0.1, 0.15) is 41.5 Å². The highest BCUT2D eigenvalue weighted by Gasteiger charge is 2.13. The highest BCUT2D eigenvalue weighted by atomic mass is 16.1. The maximum Gasteiger partial charge on any atom is 0.254 e. The van der Waals surface area contributed by atoms with Gasteiger partial charge in [-0.3, -0.25) is 9.48 Å². The number of carbonyl (C=O) groups is 1. The molecule has 114 valence electrons. The first-order valence-electron chi connectivity index (χ1n) is 7.49. The lowest BCUT2D eigenvalue weighted by atomic mass is 10.1. The predicted molar refractivity (Wildman–Crippen MR) is 86.8 cm³/mol. The van der Waals surface area contributed by atoms with Crippen molar-refractivity contribution in [3.8, 4) is 0 Å². The molecule has 0 bridgehead atoms. The van der Waals surface area contributed by atoms with E-state index >= 15 is 0 Å². The molecule has 3 aromatic rings. The lowest BCUT2D eigenvalue weighted by molar-refractivity contribution is 0.0940. The van der Waals surface area contributed by atoms with Crippen LogP contribution in [0.25, 0.3) is 10.9 Å². The Morgan fingerprint density at radius 2 is 2.23 bits per heavy atom. The van der Waals surface area contributed by atoms with Gasteiger partial charge in [-0.15, -0.1) is 0 Å². The fraction of sp³-hybridized carbons (Fsp3) is 0.294. The van der Waals surface area contributed by atoms with E-state index in [0.717, 1.165) is 28.7 Å². The number of aromatic amines is 1. The van der Waals surface area contributed by atoms with Crippen molar-refractivity contribution in [1.29, 1.82) is 0 Å². The van der Waals surface area contributed by atoms with Crippen molar-refractivity contribution in [3.05, 3.63) is 53.5 Å². The zero-order valence-electron chi connectivity index (χ0n) is 13.1. The standard InChI is InChI=1S/C17H20N4O/c1-4-21-10-15(9-18-21)17(22)20-12(3)13-5-6-16-14(8-13)7-11(2)19-16/h5-10,12,19H,4H2,1-3H3,(H,20,22). The third-order valence-electron chi connectivity index (χ3n) is 3.85. The number of nitrogens with zero attached hydrogens (tertiary/aromatic N) is 2. The number of aromatic nitrogens is 3. The summed E-state index contributed by atoms with van der Waals surface area (Å²) in [6.07, 6.45) is 3.37. The zero-order valence-corrected chi connectivity index (χ0v) is 13.1. The first-order chi connectivity index (χ1) is 10.6. The second-order valence-corrected chi connectivity index (χ2v) is 5.58. The monoisotopic (exact) mass is 296 g/mol. The first kappa shape index (κ1) is 14.4. The Bertz CT molecular complexity index is 815. The maximum absolute atomic E-state index is 12.3. The van der Waals surface area contributed by atoms with Crippen LogP contribution in [0.3, 0.4) is 0 Å². The van der Waals surface area contributed by atoms with E-state index in [9.17, 15) is 4.79 Å². The Morgan fingerprint density at radius 1 is 1.41 bits per heavy atom. The third kappa shape index (κ3) is 2.74. The number of rotatable bonds is 4. The molecule has 5 heteroatoms. The molecule has 3 rings (SSSR count). The van der Waals surface area contributed by atoms with E-state index in [0.29, 0.717) is 5.56 Å². The molecule has 1 aromatic carbocycles. The minimum absolute atomic E-state index is 0.0583. The highest BCUT2D eigenvalue weighted by Crippen LogP contribution is 2.21. The van der Waals surface area contributed by atoms with Crippen LogP contribution < -0.4 is 5.32 Å². The van der Waals surface area contributed by atoms with Gasteiger partial charge in [0, 0.05) is 24.0 Å². The summed E-state index contributed by atoms with van der Waals surface area (Å²) in [5, 5.41) is 8.31. The SMILES string of the molecule is CCn1cc(C(=O)NC(C)c2ccc3[nH]c(C)cc3c2)cn1. The lowest BCUT2D eigenvalue weighted by Gasteiger charge is -2.13. The third-order valence-corrected chi connectivity index (χ3v) is 3.85. The molecule has 0 saturated carbocycles. The Labute approximate surface area is 129 Å². The van der Waals surface area contributed by atoms with Crippen LogP contribution in [-0.2, 0) is 6.54 Å². The summed E-state index contributed by atoms with van der Waals surface area (Å²) in [6.45, 7) is 6.77. The average Bonchev–Trinajstić information content (AvgIpc) is 3.11. The molecule has 0 fully saturated rings. The quantitative estimate of drug-likeness (QED) is 0.776. The van der Waals surface area contributed by atoms with Crippen LogP contribution in [0.5, 0.6) is 0 Å². The average molecular weight is 296 g/mol. The van der Waals surface area contributed by atoms with Crippen molar-refractivity contribution in [1.82, 2.24) is 20.1 Å². The molecular weight excluding hydrogens is 276 g/mol. The number of hydrogen-bond donors (Lipinski definition) is 2. The van der Waals surface area contributed by atoms with Crippen LogP contribution in [0, 0.1) is 6.92 Å². The molecule has 2 N–H and O–H groups in total. The summed E-state index contributed by atoms with van der Waals surface area (Å²) in [4.78, 5) is 15.6. The maximum atomic E-state index is 12.3. The Hall–Kier alpha value is -2.56. The van der Waals surface area contributed by atoms with E-state index in [1.54, 1.807) is 17.1 Å². The van der Waals surface area contributed by atoms with Gasteiger partial charge in [-0.2, -0.15) is 5.10 Å². The second kappa shape index (κ2) is 5.67. The summed E-state index contributed by atoms with van der Waals surface area (Å²) in [6, 6.07) is 8.25. The van der Waals surface area contributed by atoms with Crippen molar-refractivity contribution in [2.24, 2.45) is 0 Å². The molecule has 0 aliphatic carbocycles. The van der Waals surface area contributed by atoms with Gasteiger partial charge in [-0.25, -0.2) is 0 Å². The van der Waals surface area contributed by atoms with Crippen LogP contribution in [0.2, 0.25) is 0 Å². The van der Waals surface area contributed by atoms with E-state index in [2.05, 4.69) is 33.6 Å². The van der Waals surface area contributed by atoms with Crippen molar-refractivity contribution in [3.63, 3.8) is 0 Å². The smallest absolute Gasteiger partial charge is 0.254 e. The molecule has 0 aliphatic rings. The molecule has 0 saturated heterocycles. The Kier molecular flexibility index (Phi) is 3.71. The molecule has 1 unspecified atom stereocenters. The molecule has 0 radical (unpaired) electrons. The van der Waals surface area contributed by atoms with E-state index in [1.807, 2.05) is 26.8 Å². The van der Waals surface area contributed by atoms with Crippen LogP contribution in [-0.4, -0.2) is 20.7 Å². The van der Waals surface area contributed by atoms with E-state index < -0.39 is 0 Å². The van der Waals surface area contributed by atoms with E-state index in [1.165, 1.54) is 0 Å². The number of hydrogen-bond acceptors (Lipinski definition) is 2. The van der Waals surface area contributed by atoms with Gasteiger partial charge >= 0.3 is 0 Å². The number of nitrogens with one attached hydrogen (secondary N) is 2. The van der Waals surface area contributed by atoms with Gasteiger partial charge in [0.05, 0.1) is 17.8 Å². The molecule has 0 aliphatic heterocycles. The molecular formula is C17H20N4O. The zero-order chi connectivity index (χ0) is 15.7. The summed E-state index contributed by atoms with van der Waals surface area (Å²) in [7, 11) is 0. The van der Waals surface area contributed by atoms with Crippen molar-refractivity contribution in [2.75, 3.05) is 0 Å². The van der Waals surface area contributed by atoms with Crippen molar-refractivity contribution >= 4 is 16.8 Å². The number of H-pyrrole nitrogens is 1. The lowest BCUT2D eigenvalue weighted by Crippen LogP contribution is -2.26. The Morgan fingerprint density at radius 3 is 2.95 bits per heavy atom. The van der Waals surface area contributed by atoms with Crippen LogP contribution in [0.4, 0.5) is 0 Å². The highest BCUT2D eigenvalue weighted by molar-refractivity contribution is 5.94. The number of amides is 1. The van der Waals surface area contributed by atoms with Gasteiger partial charge < -0.3 is 10.3 Å². The van der Waals surface area contributed by atoms with Gasteiger partial charge in [0.1, 0.15) is 0 Å². The summed E-state index contributed by atoms with van der Waals surface area (Å²) < 4.78 is 1.74. The van der Waals surface area contributed by atoms with Gasteiger partial charge in [0.15, 0.2) is 0 Å². The van der Waals surface area contributed by atoms with Gasteiger partial charge in [-0.1, -0.05) is 6.07 Å². The fourth-order valence-electron chi connectivity index (χ4n) is 2.58. The summed E-state index contributed by atoms with van der Waals surface area (Å²) in [5.74, 6) is -0.0995. The fourth-order valence-corrected chi connectivity index (χ4v) is 2.58. The summed E-state index contributed by atoms with van der Waals surface area (Å²) >= 11 is 0. The van der Waals surface area contributed by atoms with Gasteiger partial charge in [-0.05, 0) is 49.9 Å². The number of benzene rings is 1. The van der Waals surface area contributed by atoms with Gasteiger partial charge in [0.2, 0.25) is 0 Å². The van der Waals surface area contributed by atoms with Crippen LogP contribution in [0.15, 0.2) is 36.7 Å². The predicted octanol–water partition coefficient (Wildman–Crippen LogP) is 3.18. The van der Waals surface area contributed by atoms with Crippen molar-refractivity contribution in [2.45, 2.75) is 33.4 Å². The molecule has 2 heterocycles.